The molecule has 0 amide bonds. The van der Waals surface area contributed by atoms with E-state index in [1.165, 1.54) is 13.2 Å². The molecule has 2 rings (SSSR count). The molecule has 1 aliphatic heterocycles. The third kappa shape index (κ3) is 3.64. The van der Waals surface area contributed by atoms with E-state index in [1.54, 1.807) is 0 Å². The summed E-state index contributed by atoms with van der Waals surface area (Å²) in [7, 11) is 1.48. The molecule has 0 N–H and O–H groups in total. The summed E-state index contributed by atoms with van der Waals surface area (Å²) in [6.07, 6.45) is -1.23. The van der Waals surface area contributed by atoms with Crippen LogP contribution in [0.2, 0.25) is 0 Å². The van der Waals surface area contributed by atoms with Gasteiger partial charge in [0.2, 0.25) is 0 Å². The van der Waals surface area contributed by atoms with Crippen LogP contribution in [0.25, 0.3) is 0 Å². The second-order valence-corrected chi connectivity index (χ2v) is 5.30. The molecule has 5 heteroatoms. The van der Waals surface area contributed by atoms with Crippen LogP contribution < -0.4 is 0 Å². The Labute approximate surface area is 114 Å². The van der Waals surface area contributed by atoms with Crippen LogP contribution in [-0.2, 0) is 4.74 Å². The molecule has 1 nitrogen and oxygen atoms in total. The number of hydrogen-bond acceptors (Lipinski definition) is 2. The average molecular weight is 286 g/mol. The molecule has 1 heterocycles. The predicted octanol–water partition coefficient (Wildman–Crippen LogP) is 4.49. The van der Waals surface area contributed by atoms with Gasteiger partial charge in [-0.25, -0.2) is 0 Å². The van der Waals surface area contributed by atoms with Gasteiger partial charge in [-0.15, -0.1) is 0 Å². The molecule has 1 aromatic carbocycles. The van der Waals surface area contributed by atoms with Crippen molar-refractivity contribution in [3.63, 3.8) is 0 Å². The highest BCUT2D eigenvalue weighted by Gasteiger charge is 2.37. The predicted molar refractivity (Wildman–Crippen MR) is 70.9 cm³/mol. The molecule has 0 saturated heterocycles. The summed E-state index contributed by atoms with van der Waals surface area (Å²) in [6.45, 7) is 0.196. The topological polar surface area (TPSA) is 9.23 Å². The Morgan fingerprint density at radius 1 is 1.16 bits per heavy atom. The fraction of sp³-hybridized carbons (Fsp3) is 0.286. The van der Waals surface area contributed by atoms with E-state index in [0.717, 1.165) is 17.3 Å². The fourth-order valence-corrected chi connectivity index (χ4v) is 2.86. The lowest BCUT2D eigenvalue weighted by molar-refractivity contribution is -0.0838. The quantitative estimate of drug-likeness (QED) is 0.809. The fourth-order valence-electron chi connectivity index (χ4n) is 1.86. The second kappa shape index (κ2) is 5.84. The van der Waals surface area contributed by atoms with Gasteiger partial charge in [0.05, 0.1) is 11.5 Å². The van der Waals surface area contributed by atoms with E-state index in [9.17, 15) is 13.2 Å². The smallest absolute Gasteiger partial charge is 0.379 e. The number of rotatable bonds is 3. The molecule has 0 radical (unpaired) electrons. The standard InChI is InChI=1S/C14H13F3OS/c1-18-9-12-7-11(10-5-3-2-4-6-10)8-13(19-12)14(15,16)17/h2-8,11H,9H2,1H3. The SMILES string of the molecule is COCC1=CC(c2ccccc2)C=C(C(F)(F)F)S1. The lowest BCUT2D eigenvalue weighted by atomic mass is 9.97. The van der Waals surface area contributed by atoms with Crippen LogP contribution in [-0.4, -0.2) is 19.9 Å². The maximum absolute atomic E-state index is 12.9. The Balaban J connectivity index is 2.33. The third-order valence-electron chi connectivity index (χ3n) is 2.69. The molecular formula is C14H13F3OS. The van der Waals surface area contributed by atoms with Gasteiger partial charge < -0.3 is 4.74 Å². The van der Waals surface area contributed by atoms with E-state index in [-0.39, 0.29) is 12.5 Å². The molecule has 102 valence electrons. The summed E-state index contributed by atoms with van der Waals surface area (Å²) in [5.74, 6) is -0.357. The highest BCUT2D eigenvalue weighted by molar-refractivity contribution is 8.06. The first-order valence-electron chi connectivity index (χ1n) is 5.72. The first-order chi connectivity index (χ1) is 9.00. The molecule has 0 aliphatic carbocycles. The number of ether oxygens (including phenoxy) is 1. The van der Waals surface area contributed by atoms with Crippen LogP contribution >= 0.6 is 11.8 Å². The van der Waals surface area contributed by atoms with E-state index in [2.05, 4.69) is 0 Å². The van der Waals surface area contributed by atoms with Crippen LogP contribution in [0.15, 0.2) is 52.3 Å². The van der Waals surface area contributed by atoms with Gasteiger partial charge in [-0.2, -0.15) is 13.2 Å². The van der Waals surface area contributed by atoms with Crippen LogP contribution in [0.4, 0.5) is 13.2 Å². The lowest BCUT2D eigenvalue weighted by Gasteiger charge is -2.22. The molecule has 1 aromatic rings. The van der Waals surface area contributed by atoms with Crippen LogP contribution in [0, 0.1) is 0 Å². The normalized spacial score (nSPS) is 19.9. The highest BCUT2D eigenvalue weighted by Crippen LogP contribution is 2.44. The molecule has 0 bridgehead atoms. The lowest BCUT2D eigenvalue weighted by Crippen LogP contribution is -2.14. The molecule has 0 spiro atoms. The number of benzene rings is 1. The van der Waals surface area contributed by atoms with E-state index in [0.29, 0.717) is 4.91 Å². The van der Waals surface area contributed by atoms with Gasteiger partial charge in [-0.05, 0) is 5.56 Å². The van der Waals surface area contributed by atoms with Crippen molar-refractivity contribution in [2.75, 3.05) is 13.7 Å². The number of halogens is 3. The molecule has 0 fully saturated rings. The van der Waals surface area contributed by atoms with Gasteiger partial charge in [0, 0.05) is 17.9 Å². The maximum atomic E-state index is 12.9. The van der Waals surface area contributed by atoms with Crippen molar-refractivity contribution in [2.24, 2.45) is 0 Å². The number of hydrogen-bond donors (Lipinski definition) is 0. The Morgan fingerprint density at radius 2 is 1.84 bits per heavy atom. The number of thioether (sulfide) groups is 1. The summed E-state index contributed by atoms with van der Waals surface area (Å²) in [6, 6.07) is 9.14. The highest BCUT2D eigenvalue weighted by atomic mass is 32.2. The second-order valence-electron chi connectivity index (χ2n) is 4.13. The van der Waals surface area contributed by atoms with Gasteiger partial charge in [-0.3, -0.25) is 0 Å². The minimum absolute atomic E-state index is 0.196. The summed E-state index contributed by atoms with van der Waals surface area (Å²) >= 11 is 0.734. The summed E-state index contributed by atoms with van der Waals surface area (Å²) < 4.78 is 43.6. The zero-order valence-electron chi connectivity index (χ0n) is 10.3. The van der Waals surface area contributed by atoms with Gasteiger partial charge in [0.15, 0.2) is 0 Å². The molecule has 1 atom stereocenters. The largest absolute Gasteiger partial charge is 0.422 e. The third-order valence-corrected chi connectivity index (χ3v) is 3.79. The first kappa shape index (κ1) is 14.2. The minimum Gasteiger partial charge on any atom is -0.379 e. The van der Waals surface area contributed by atoms with Crippen molar-refractivity contribution in [3.8, 4) is 0 Å². The van der Waals surface area contributed by atoms with E-state index < -0.39 is 11.1 Å². The van der Waals surface area contributed by atoms with Crippen molar-refractivity contribution >= 4 is 11.8 Å². The Morgan fingerprint density at radius 3 is 2.42 bits per heavy atom. The first-order valence-corrected chi connectivity index (χ1v) is 6.54. The average Bonchev–Trinajstić information content (AvgIpc) is 2.39. The number of methoxy groups -OCH3 is 1. The monoisotopic (exact) mass is 286 g/mol. The molecule has 19 heavy (non-hydrogen) atoms. The molecule has 0 aromatic heterocycles. The molecular weight excluding hydrogens is 273 g/mol. The molecule has 1 aliphatic rings. The van der Waals surface area contributed by atoms with Crippen molar-refractivity contribution in [2.45, 2.75) is 12.1 Å². The van der Waals surface area contributed by atoms with Gasteiger partial charge in [0.25, 0.3) is 0 Å². The van der Waals surface area contributed by atoms with Crippen molar-refractivity contribution in [1.82, 2.24) is 0 Å². The van der Waals surface area contributed by atoms with Crippen LogP contribution in [0.1, 0.15) is 11.5 Å². The molecule has 0 saturated carbocycles. The van der Waals surface area contributed by atoms with E-state index in [4.69, 9.17) is 4.74 Å². The zero-order valence-corrected chi connectivity index (χ0v) is 11.1. The van der Waals surface area contributed by atoms with Gasteiger partial charge in [-0.1, -0.05) is 54.2 Å². The van der Waals surface area contributed by atoms with Gasteiger partial charge in [0.1, 0.15) is 0 Å². The Kier molecular flexibility index (Phi) is 4.37. The van der Waals surface area contributed by atoms with Crippen LogP contribution in [0.5, 0.6) is 0 Å². The van der Waals surface area contributed by atoms with Crippen molar-refractivity contribution in [1.29, 1.82) is 0 Å². The summed E-state index contributed by atoms with van der Waals surface area (Å²) in [5, 5.41) is 0. The Bertz CT molecular complexity index is 491. The zero-order chi connectivity index (χ0) is 13.9. The minimum atomic E-state index is -4.31. The maximum Gasteiger partial charge on any atom is 0.422 e. The van der Waals surface area contributed by atoms with Crippen molar-refractivity contribution < 1.29 is 17.9 Å². The van der Waals surface area contributed by atoms with Gasteiger partial charge >= 0.3 is 6.18 Å². The Hall–Kier alpha value is -1.20. The van der Waals surface area contributed by atoms with Crippen LogP contribution in [0.3, 0.4) is 0 Å². The number of alkyl halides is 3. The number of allylic oxidation sites excluding steroid dienone is 3. The summed E-state index contributed by atoms with van der Waals surface area (Å²) in [4.78, 5) is 0.0158. The van der Waals surface area contributed by atoms with E-state index >= 15 is 0 Å². The molecule has 1 unspecified atom stereocenters. The van der Waals surface area contributed by atoms with Crippen molar-refractivity contribution in [3.05, 3.63) is 57.9 Å². The van der Waals surface area contributed by atoms with E-state index in [1.807, 2.05) is 36.4 Å². The summed E-state index contributed by atoms with van der Waals surface area (Å²) in [5.41, 5.74) is 0.846.